The molecule has 1 aromatic carbocycles. The number of rotatable bonds is 9. The number of carbonyl (C=O) groups excluding carboxylic acids is 1. The summed E-state index contributed by atoms with van der Waals surface area (Å²) in [5.41, 5.74) is 1.59. The number of thiophene rings is 1. The molecule has 154 valence electrons. The van der Waals surface area contributed by atoms with Gasteiger partial charge in [0.25, 0.3) is 5.56 Å². The van der Waals surface area contributed by atoms with Gasteiger partial charge in [-0.05, 0) is 43.5 Å². The van der Waals surface area contributed by atoms with Crippen molar-refractivity contribution in [3.63, 3.8) is 0 Å². The number of nitrogens with zero attached hydrogens (tertiary/aromatic N) is 2. The average Bonchev–Trinajstić information content (AvgIpc) is 3.04. The van der Waals surface area contributed by atoms with Crippen LogP contribution in [0.1, 0.15) is 27.2 Å². The fraction of sp³-hybridized carbons (Fsp3) is 0.381. The summed E-state index contributed by atoms with van der Waals surface area (Å²) in [6, 6.07) is 7.85. The van der Waals surface area contributed by atoms with Crippen LogP contribution in [0.25, 0.3) is 10.2 Å². The van der Waals surface area contributed by atoms with Gasteiger partial charge in [-0.2, -0.15) is 0 Å². The van der Waals surface area contributed by atoms with Gasteiger partial charge >= 0.3 is 5.97 Å². The zero-order chi connectivity index (χ0) is 20.8. The van der Waals surface area contributed by atoms with Crippen LogP contribution in [0, 0.1) is 13.8 Å². The van der Waals surface area contributed by atoms with Crippen LogP contribution < -0.4 is 10.3 Å². The van der Waals surface area contributed by atoms with E-state index in [0.717, 1.165) is 11.3 Å². The fourth-order valence-corrected chi connectivity index (χ4v) is 3.96. The van der Waals surface area contributed by atoms with Crippen molar-refractivity contribution in [1.82, 2.24) is 9.55 Å². The number of carbonyl (C=O) groups is 1. The van der Waals surface area contributed by atoms with E-state index in [4.69, 9.17) is 14.2 Å². The fourth-order valence-electron chi connectivity index (χ4n) is 2.93. The van der Waals surface area contributed by atoms with Crippen molar-refractivity contribution in [2.45, 2.75) is 26.8 Å². The molecule has 2 heterocycles. The Morgan fingerprint density at radius 3 is 2.79 bits per heavy atom. The van der Waals surface area contributed by atoms with Gasteiger partial charge in [0, 0.05) is 13.7 Å². The molecule has 0 fully saturated rings. The maximum atomic E-state index is 12.9. The van der Waals surface area contributed by atoms with Crippen molar-refractivity contribution >= 4 is 27.5 Å². The third-order valence-corrected chi connectivity index (χ3v) is 5.60. The standard InChI is InChI=1S/C21H24N2O5S/c1-14-6-4-7-16(12-14)27-9-5-8-23-13-22-19-17(20(23)24)15(2)18(29-19)21(25)28-11-10-26-3/h4,6-7,12-13H,5,8-11H2,1-3H3. The number of hydrogen-bond acceptors (Lipinski definition) is 7. The van der Waals surface area contributed by atoms with Gasteiger partial charge in [-0.3, -0.25) is 9.36 Å². The summed E-state index contributed by atoms with van der Waals surface area (Å²) < 4.78 is 17.3. The second-order valence-electron chi connectivity index (χ2n) is 6.63. The summed E-state index contributed by atoms with van der Waals surface area (Å²) in [5.74, 6) is 0.358. The first-order valence-electron chi connectivity index (χ1n) is 9.35. The Hall–Kier alpha value is -2.71. The lowest BCUT2D eigenvalue weighted by Crippen LogP contribution is -2.21. The minimum atomic E-state index is -0.458. The van der Waals surface area contributed by atoms with Crippen LogP contribution in [0.4, 0.5) is 0 Å². The Labute approximate surface area is 172 Å². The normalized spacial score (nSPS) is 11.0. The van der Waals surface area contributed by atoms with Crippen LogP contribution in [-0.4, -0.2) is 42.5 Å². The van der Waals surface area contributed by atoms with Gasteiger partial charge in [-0.1, -0.05) is 12.1 Å². The molecule has 8 heteroatoms. The second-order valence-corrected chi connectivity index (χ2v) is 7.63. The highest BCUT2D eigenvalue weighted by atomic mass is 32.1. The SMILES string of the molecule is COCCOC(=O)c1sc2ncn(CCCOc3cccc(C)c3)c(=O)c2c1C. The van der Waals surface area contributed by atoms with E-state index < -0.39 is 5.97 Å². The number of ether oxygens (including phenoxy) is 3. The summed E-state index contributed by atoms with van der Waals surface area (Å²) in [6.45, 7) is 5.23. The van der Waals surface area contributed by atoms with Crippen LogP contribution in [-0.2, 0) is 16.0 Å². The maximum Gasteiger partial charge on any atom is 0.348 e. The Morgan fingerprint density at radius 1 is 1.21 bits per heavy atom. The molecule has 0 aliphatic heterocycles. The van der Waals surface area contributed by atoms with Crippen LogP contribution >= 0.6 is 11.3 Å². The molecule has 0 radical (unpaired) electrons. The molecule has 0 saturated heterocycles. The molecule has 0 aliphatic rings. The van der Waals surface area contributed by atoms with Crippen molar-refractivity contribution in [1.29, 1.82) is 0 Å². The third kappa shape index (κ3) is 5.02. The van der Waals surface area contributed by atoms with Gasteiger partial charge in [0.05, 0.1) is 24.9 Å². The van der Waals surface area contributed by atoms with E-state index in [0.29, 0.717) is 46.8 Å². The molecular formula is C21H24N2O5S. The van der Waals surface area contributed by atoms with E-state index >= 15 is 0 Å². The number of hydrogen-bond donors (Lipinski definition) is 0. The van der Waals surface area contributed by atoms with Crippen LogP contribution in [0.15, 0.2) is 35.4 Å². The number of fused-ring (bicyclic) bond motifs is 1. The number of aryl methyl sites for hydroxylation is 3. The Morgan fingerprint density at radius 2 is 2.03 bits per heavy atom. The van der Waals surface area contributed by atoms with E-state index in [1.54, 1.807) is 11.5 Å². The van der Waals surface area contributed by atoms with Crippen molar-refractivity contribution in [3.8, 4) is 5.75 Å². The van der Waals surface area contributed by atoms with E-state index in [1.807, 2.05) is 31.2 Å². The van der Waals surface area contributed by atoms with Gasteiger partial charge in [0.1, 0.15) is 22.1 Å². The molecule has 0 amide bonds. The van der Waals surface area contributed by atoms with E-state index in [9.17, 15) is 9.59 Å². The van der Waals surface area contributed by atoms with E-state index in [1.165, 1.54) is 24.8 Å². The molecule has 3 rings (SSSR count). The topological polar surface area (TPSA) is 79.7 Å². The van der Waals surface area contributed by atoms with Crippen LogP contribution in [0.5, 0.6) is 5.75 Å². The summed E-state index contributed by atoms with van der Waals surface area (Å²) in [7, 11) is 1.54. The van der Waals surface area contributed by atoms with Crippen molar-refractivity contribution in [2.24, 2.45) is 0 Å². The molecule has 0 atom stereocenters. The molecular weight excluding hydrogens is 392 g/mol. The largest absolute Gasteiger partial charge is 0.494 e. The van der Waals surface area contributed by atoms with Crippen LogP contribution in [0.3, 0.4) is 0 Å². The molecule has 3 aromatic rings. The average molecular weight is 416 g/mol. The lowest BCUT2D eigenvalue weighted by atomic mass is 10.2. The number of esters is 1. The molecule has 0 unspecified atom stereocenters. The predicted molar refractivity (Wildman–Crippen MR) is 112 cm³/mol. The van der Waals surface area contributed by atoms with Crippen molar-refractivity contribution in [2.75, 3.05) is 26.9 Å². The van der Waals surface area contributed by atoms with Gasteiger partial charge in [0.15, 0.2) is 0 Å². The second kappa shape index (κ2) is 9.67. The Balaban J connectivity index is 1.68. The first-order chi connectivity index (χ1) is 14.0. The van der Waals surface area contributed by atoms with E-state index in [-0.39, 0.29) is 12.2 Å². The summed E-state index contributed by atoms with van der Waals surface area (Å²) in [5, 5.41) is 0.468. The molecule has 29 heavy (non-hydrogen) atoms. The minimum Gasteiger partial charge on any atom is -0.494 e. The van der Waals surface area contributed by atoms with E-state index in [2.05, 4.69) is 4.98 Å². The number of benzene rings is 1. The molecule has 0 saturated carbocycles. The lowest BCUT2D eigenvalue weighted by molar-refractivity contribution is 0.0393. The van der Waals surface area contributed by atoms with Crippen LogP contribution in [0.2, 0.25) is 0 Å². The summed E-state index contributed by atoms with van der Waals surface area (Å²) in [6.07, 6.45) is 2.18. The van der Waals surface area contributed by atoms with Crippen molar-refractivity contribution < 1.29 is 19.0 Å². The summed E-state index contributed by atoms with van der Waals surface area (Å²) >= 11 is 1.18. The van der Waals surface area contributed by atoms with Gasteiger partial charge in [0.2, 0.25) is 0 Å². The first kappa shape index (κ1) is 21.0. The third-order valence-electron chi connectivity index (χ3n) is 4.42. The zero-order valence-corrected chi connectivity index (χ0v) is 17.6. The monoisotopic (exact) mass is 416 g/mol. The number of methoxy groups -OCH3 is 1. The minimum absolute atomic E-state index is 0.157. The lowest BCUT2D eigenvalue weighted by Gasteiger charge is -2.08. The quantitative estimate of drug-likeness (QED) is 0.393. The smallest absolute Gasteiger partial charge is 0.348 e. The van der Waals surface area contributed by atoms with Gasteiger partial charge in [-0.25, -0.2) is 9.78 Å². The number of aromatic nitrogens is 2. The molecule has 0 N–H and O–H groups in total. The summed E-state index contributed by atoms with van der Waals surface area (Å²) in [4.78, 5) is 30.4. The Kier molecular flexibility index (Phi) is 7.00. The first-order valence-corrected chi connectivity index (χ1v) is 10.2. The Bertz CT molecular complexity index is 1060. The molecule has 0 spiro atoms. The van der Waals surface area contributed by atoms with Gasteiger partial charge in [-0.15, -0.1) is 11.3 Å². The maximum absolute atomic E-state index is 12.9. The molecule has 7 nitrogen and oxygen atoms in total. The van der Waals surface area contributed by atoms with Gasteiger partial charge < -0.3 is 14.2 Å². The zero-order valence-electron chi connectivity index (χ0n) is 16.8. The highest BCUT2D eigenvalue weighted by Gasteiger charge is 2.20. The van der Waals surface area contributed by atoms with Crippen molar-refractivity contribution in [3.05, 3.63) is 57.0 Å². The predicted octanol–water partition coefficient (Wildman–Crippen LogP) is 3.35. The molecule has 2 aromatic heterocycles. The highest BCUT2D eigenvalue weighted by molar-refractivity contribution is 7.20. The highest BCUT2D eigenvalue weighted by Crippen LogP contribution is 2.27. The molecule has 0 aliphatic carbocycles. The molecule has 0 bridgehead atoms.